The maximum atomic E-state index is 14.4. The van der Waals surface area contributed by atoms with E-state index < -0.39 is 54.2 Å². The topological polar surface area (TPSA) is 45.1 Å². The van der Waals surface area contributed by atoms with Crippen LogP contribution in [0, 0.1) is 11.6 Å². The summed E-state index contributed by atoms with van der Waals surface area (Å²) in [5.74, 6) is -2.01. The molecule has 0 saturated carbocycles. The van der Waals surface area contributed by atoms with Crippen LogP contribution in [-0.4, -0.2) is 28.9 Å². The van der Waals surface area contributed by atoms with Gasteiger partial charge in [-0.15, -0.1) is 0 Å². The molecule has 0 fully saturated rings. The highest BCUT2D eigenvalue weighted by Gasteiger charge is 2.40. The number of aliphatic hydroxyl groups is 1. The van der Waals surface area contributed by atoms with Crippen molar-refractivity contribution in [1.82, 2.24) is 10.3 Å². The lowest BCUT2D eigenvalue weighted by atomic mass is 9.79. The zero-order valence-electron chi connectivity index (χ0n) is 18.0. The second-order valence-electron chi connectivity index (χ2n) is 8.01. The standard InChI is InChI=1S/C24H20F8N2O/c25-18-6-7-21(33-13-18)22(11-15-4-2-1-3-5-15,34-14-20(35)12-23(27,28)29)16-8-17(24(30,31)32)10-19(26)9-16/h1-10,13,20,34-35H,11-12,14H2/t20?,22-/m0/s1. The van der Waals surface area contributed by atoms with Crippen molar-refractivity contribution in [3.63, 3.8) is 0 Å². The van der Waals surface area contributed by atoms with Crippen LogP contribution < -0.4 is 5.32 Å². The average Bonchev–Trinajstić information content (AvgIpc) is 2.76. The molecular weight excluding hydrogens is 484 g/mol. The van der Waals surface area contributed by atoms with E-state index in [9.17, 15) is 40.2 Å². The zero-order chi connectivity index (χ0) is 25.9. The molecule has 35 heavy (non-hydrogen) atoms. The van der Waals surface area contributed by atoms with Crippen LogP contribution in [0.1, 0.15) is 28.8 Å². The van der Waals surface area contributed by atoms with Crippen molar-refractivity contribution >= 4 is 0 Å². The van der Waals surface area contributed by atoms with Crippen molar-refractivity contribution in [3.05, 3.63) is 101 Å². The van der Waals surface area contributed by atoms with E-state index in [0.717, 1.165) is 24.4 Å². The van der Waals surface area contributed by atoms with Gasteiger partial charge in [0.2, 0.25) is 0 Å². The van der Waals surface area contributed by atoms with Gasteiger partial charge in [-0.3, -0.25) is 10.3 Å². The predicted octanol–water partition coefficient (Wildman–Crippen LogP) is 5.77. The quantitative estimate of drug-likeness (QED) is 0.383. The minimum atomic E-state index is -4.93. The first-order chi connectivity index (χ1) is 16.3. The van der Waals surface area contributed by atoms with E-state index in [-0.39, 0.29) is 23.7 Å². The highest BCUT2D eigenvalue weighted by Crippen LogP contribution is 2.38. The molecule has 0 spiro atoms. The molecule has 2 aromatic carbocycles. The Kier molecular flexibility index (Phi) is 7.80. The van der Waals surface area contributed by atoms with E-state index in [1.165, 1.54) is 0 Å². The minimum Gasteiger partial charge on any atom is -0.391 e. The lowest BCUT2D eigenvalue weighted by Gasteiger charge is -2.37. The molecule has 3 nitrogen and oxygen atoms in total. The van der Waals surface area contributed by atoms with Gasteiger partial charge in [-0.1, -0.05) is 30.3 Å². The number of rotatable bonds is 8. The number of nitrogens with one attached hydrogen (secondary N) is 1. The molecule has 0 saturated heterocycles. The summed E-state index contributed by atoms with van der Waals surface area (Å²) in [6.07, 6.45) is -12.6. The van der Waals surface area contributed by atoms with E-state index in [0.29, 0.717) is 11.6 Å². The highest BCUT2D eigenvalue weighted by molar-refractivity contribution is 5.41. The van der Waals surface area contributed by atoms with Crippen LogP contribution >= 0.6 is 0 Å². The Bertz CT molecular complexity index is 1120. The molecule has 0 aliphatic rings. The molecule has 0 aliphatic carbocycles. The molecule has 188 valence electrons. The fraction of sp³-hybridized carbons (Fsp3) is 0.292. The van der Waals surface area contributed by atoms with Gasteiger partial charge in [0.1, 0.15) is 11.6 Å². The van der Waals surface area contributed by atoms with Gasteiger partial charge < -0.3 is 5.11 Å². The monoisotopic (exact) mass is 504 g/mol. The summed E-state index contributed by atoms with van der Waals surface area (Å²) in [5, 5.41) is 12.7. The van der Waals surface area contributed by atoms with Gasteiger partial charge in [0.25, 0.3) is 0 Å². The summed E-state index contributed by atoms with van der Waals surface area (Å²) in [4.78, 5) is 3.95. The Morgan fingerprint density at radius 2 is 1.49 bits per heavy atom. The van der Waals surface area contributed by atoms with Crippen molar-refractivity contribution < 1.29 is 40.2 Å². The Labute approximate surface area is 195 Å². The van der Waals surface area contributed by atoms with Crippen LogP contribution in [0.2, 0.25) is 0 Å². The summed E-state index contributed by atoms with van der Waals surface area (Å²) in [6.45, 7) is -0.733. The number of pyridine rings is 1. The first-order valence-corrected chi connectivity index (χ1v) is 10.3. The van der Waals surface area contributed by atoms with E-state index >= 15 is 0 Å². The van der Waals surface area contributed by atoms with Crippen molar-refractivity contribution in [1.29, 1.82) is 0 Å². The summed E-state index contributed by atoms with van der Waals surface area (Å²) in [5.41, 5.74) is -3.07. The third-order valence-corrected chi connectivity index (χ3v) is 5.30. The maximum absolute atomic E-state index is 14.4. The van der Waals surface area contributed by atoms with Crippen LogP contribution in [0.3, 0.4) is 0 Å². The fourth-order valence-corrected chi connectivity index (χ4v) is 3.76. The second-order valence-corrected chi connectivity index (χ2v) is 8.01. The third-order valence-electron chi connectivity index (χ3n) is 5.30. The lowest BCUT2D eigenvalue weighted by Crippen LogP contribution is -2.49. The van der Waals surface area contributed by atoms with Gasteiger partial charge in [-0.2, -0.15) is 26.3 Å². The van der Waals surface area contributed by atoms with Gasteiger partial charge >= 0.3 is 12.4 Å². The van der Waals surface area contributed by atoms with E-state index in [2.05, 4.69) is 10.3 Å². The first kappa shape index (κ1) is 26.6. The van der Waals surface area contributed by atoms with Crippen molar-refractivity contribution in [3.8, 4) is 0 Å². The van der Waals surface area contributed by atoms with Crippen LogP contribution in [0.5, 0.6) is 0 Å². The molecule has 3 aromatic rings. The van der Waals surface area contributed by atoms with E-state index in [1.807, 2.05) is 0 Å². The van der Waals surface area contributed by atoms with Crippen molar-refractivity contribution in [2.75, 3.05) is 6.54 Å². The normalized spacial score (nSPS) is 15.0. The maximum Gasteiger partial charge on any atom is 0.416 e. The summed E-state index contributed by atoms with van der Waals surface area (Å²) >= 11 is 0. The molecule has 1 unspecified atom stereocenters. The number of nitrogens with zero attached hydrogens (tertiary/aromatic N) is 1. The molecule has 1 heterocycles. The molecule has 2 atom stereocenters. The number of aliphatic hydroxyl groups excluding tert-OH is 1. The molecule has 1 aromatic heterocycles. The molecule has 0 aliphatic heterocycles. The SMILES string of the molecule is OC(CN[C@@](Cc1ccccc1)(c1cc(F)cc(C(F)(F)F)c1)c1ccc(F)cn1)CC(F)(F)F. The van der Waals surface area contributed by atoms with Gasteiger partial charge in [-0.05, 0) is 41.5 Å². The smallest absolute Gasteiger partial charge is 0.391 e. The van der Waals surface area contributed by atoms with Crippen LogP contribution in [0.15, 0.2) is 66.9 Å². The van der Waals surface area contributed by atoms with Crippen LogP contribution in [-0.2, 0) is 18.1 Å². The molecule has 0 bridgehead atoms. The summed E-state index contributed by atoms with van der Waals surface area (Å²) in [6, 6.07) is 12.0. The second kappa shape index (κ2) is 10.3. The van der Waals surface area contributed by atoms with E-state index in [4.69, 9.17) is 0 Å². The van der Waals surface area contributed by atoms with Gasteiger partial charge in [-0.25, -0.2) is 8.78 Å². The van der Waals surface area contributed by atoms with E-state index in [1.54, 1.807) is 30.3 Å². The summed E-state index contributed by atoms with van der Waals surface area (Å²) < 4.78 is 107. The Balaban J connectivity index is 2.21. The average molecular weight is 504 g/mol. The number of hydrogen-bond donors (Lipinski definition) is 2. The minimum absolute atomic E-state index is 0.0827. The largest absolute Gasteiger partial charge is 0.416 e. The zero-order valence-corrected chi connectivity index (χ0v) is 18.0. The Hall–Kier alpha value is -3.05. The molecule has 0 radical (unpaired) electrons. The Morgan fingerprint density at radius 3 is 2.06 bits per heavy atom. The number of halogens is 8. The third kappa shape index (κ3) is 6.98. The van der Waals surface area contributed by atoms with Crippen molar-refractivity contribution in [2.24, 2.45) is 0 Å². The van der Waals surface area contributed by atoms with Crippen LogP contribution in [0.4, 0.5) is 35.1 Å². The Morgan fingerprint density at radius 1 is 0.829 bits per heavy atom. The first-order valence-electron chi connectivity index (χ1n) is 10.3. The number of hydrogen-bond acceptors (Lipinski definition) is 3. The molecule has 2 N–H and O–H groups in total. The highest BCUT2D eigenvalue weighted by atomic mass is 19.4. The lowest BCUT2D eigenvalue weighted by molar-refractivity contribution is -0.153. The predicted molar refractivity (Wildman–Crippen MR) is 111 cm³/mol. The van der Waals surface area contributed by atoms with Gasteiger partial charge in [0, 0.05) is 13.0 Å². The molecule has 3 rings (SSSR count). The fourth-order valence-electron chi connectivity index (χ4n) is 3.76. The van der Waals surface area contributed by atoms with Crippen LogP contribution in [0.25, 0.3) is 0 Å². The van der Waals surface area contributed by atoms with Gasteiger partial charge in [0.15, 0.2) is 0 Å². The number of benzene rings is 2. The van der Waals surface area contributed by atoms with Gasteiger partial charge in [0.05, 0.1) is 35.5 Å². The molecule has 11 heteroatoms. The van der Waals surface area contributed by atoms with Crippen molar-refractivity contribution in [2.45, 2.75) is 36.8 Å². The molecule has 0 amide bonds. The number of aromatic nitrogens is 1. The summed E-state index contributed by atoms with van der Waals surface area (Å²) in [7, 11) is 0. The number of alkyl halides is 6. The molecular formula is C24H20F8N2O.